The molecular weight excluding hydrogens is 178 g/mol. The van der Waals surface area contributed by atoms with E-state index in [2.05, 4.69) is 13.0 Å². The van der Waals surface area contributed by atoms with Crippen LogP contribution in [0.2, 0.25) is 0 Å². The van der Waals surface area contributed by atoms with Gasteiger partial charge in [-0.1, -0.05) is 6.92 Å². The third-order valence-electron chi connectivity index (χ3n) is 3.86. The highest BCUT2D eigenvalue weighted by atomic mass is 16.5. The third kappa shape index (κ3) is 1.25. The molecule has 0 spiro atoms. The van der Waals surface area contributed by atoms with E-state index in [0.29, 0.717) is 25.6 Å². The molecule has 1 aliphatic heterocycles. The summed E-state index contributed by atoms with van der Waals surface area (Å²) in [5, 5.41) is 19.7. The molecule has 1 saturated carbocycles. The molecule has 2 rings (SSSR count). The Morgan fingerprint density at radius 3 is 2.71 bits per heavy atom. The first kappa shape index (κ1) is 9.95. The Balaban J connectivity index is 2.24. The lowest BCUT2D eigenvalue weighted by Gasteiger charge is -2.36. The fourth-order valence-electron chi connectivity index (χ4n) is 2.82. The van der Waals surface area contributed by atoms with Crippen LogP contribution in [0.5, 0.6) is 0 Å². The van der Waals surface area contributed by atoms with Gasteiger partial charge in [0.15, 0.2) is 0 Å². The van der Waals surface area contributed by atoms with Gasteiger partial charge in [-0.25, -0.2) is 0 Å². The molecule has 0 amide bonds. The van der Waals surface area contributed by atoms with Gasteiger partial charge >= 0.3 is 0 Å². The van der Waals surface area contributed by atoms with Crippen LogP contribution in [0.25, 0.3) is 0 Å². The average molecular weight is 195 g/mol. The Hall–Kier alpha value is -0.590. The summed E-state index contributed by atoms with van der Waals surface area (Å²) in [6, 6.07) is 2.31. The smallest absolute Gasteiger partial charge is 0.111 e. The lowest BCUT2D eigenvalue weighted by Crippen LogP contribution is -2.46. The molecule has 14 heavy (non-hydrogen) atoms. The summed E-state index contributed by atoms with van der Waals surface area (Å²) in [4.78, 5) is 0. The van der Waals surface area contributed by atoms with Gasteiger partial charge in [0.1, 0.15) is 5.41 Å². The van der Waals surface area contributed by atoms with E-state index in [-0.39, 0.29) is 0 Å². The molecule has 0 radical (unpaired) electrons. The quantitative estimate of drug-likeness (QED) is 0.689. The van der Waals surface area contributed by atoms with Gasteiger partial charge in [-0.2, -0.15) is 5.26 Å². The van der Waals surface area contributed by atoms with Crippen LogP contribution in [0, 0.1) is 22.7 Å². The molecule has 2 aliphatic rings. The summed E-state index contributed by atoms with van der Waals surface area (Å²) in [5.74, 6) is 0.533. The van der Waals surface area contributed by atoms with Gasteiger partial charge in [0.25, 0.3) is 0 Å². The number of hydrogen-bond acceptors (Lipinski definition) is 3. The van der Waals surface area contributed by atoms with Crippen LogP contribution in [0.4, 0.5) is 0 Å². The maximum absolute atomic E-state index is 10.5. The van der Waals surface area contributed by atoms with Gasteiger partial charge in [0.05, 0.1) is 18.3 Å². The van der Waals surface area contributed by atoms with Crippen molar-refractivity contribution in [2.75, 3.05) is 13.2 Å². The fourth-order valence-corrected chi connectivity index (χ4v) is 2.82. The second-order valence-electron chi connectivity index (χ2n) is 4.88. The van der Waals surface area contributed by atoms with Crippen molar-refractivity contribution in [1.29, 1.82) is 5.26 Å². The second kappa shape index (κ2) is 3.22. The zero-order valence-corrected chi connectivity index (χ0v) is 8.62. The van der Waals surface area contributed by atoms with Crippen LogP contribution in [-0.2, 0) is 4.74 Å². The van der Waals surface area contributed by atoms with Crippen LogP contribution < -0.4 is 0 Å². The van der Waals surface area contributed by atoms with Crippen LogP contribution in [-0.4, -0.2) is 23.9 Å². The van der Waals surface area contributed by atoms with Crippen molar-refractivity contribution in [3.8, 4) is 6.07 Å². The van der Waals surface area contributed by atoms with Gasteiger partial charge in [-0.05, 0) is 31.6 Å². The van der Waals surface area contributed by atoms with Gasteiger partial charge in [-0.15, -0.1) is 0 Å². The maximum atomic E-state index is 10.5. The van der Waals surface area contributed by atoms with Crippen LogP contribution >= 0.6 is 0 Å². The topological polar surface area (TPSA) is 53.2 Å². The van der Waals surface area contributed by atoms with Crippen LogP contribution in [0.15, 0.2) is 0 Å². The number of hydrogen-bond donors (Lipinski definition) is 1. The molecule has 3 nitrogen and oxygen atoms in total. The average Bonchev–Trinajstić information content (AvgIpc) is 2.74. The van der Waals surface area contributed by atoms with Crippen molar-refractivity contribution >= 4 is 0 Å². The standard InChI is InChI=1S/C11H17NO2/c1-9-2-3-11(13,6-9)10(7-12)4-5-14-8-10/h9,13H,2-6,8H2,1H3. The van der Waals surface area contributed by atoms with E-state index in [1.165, 1.54) is 0 Å². The predicted molar refractivity (Wildman–Crippen MR) is 51.4 cm³/mol. The molecule has 2 fully saturated rings. The first-order valence-electron chi connectivity index (χ1n) is 5.33. The van der Waals surface area contributed by atoms with E-state index in [1.54, 1.807) is 0 Å². The highest BCUT2D eigenvalue weighted by molar-refractivity contribution is 5.15. The van der Waals surface area contributed by atoms with Crippen LogP contribution in [0.1, 0.15) is 32.6 Å². The molecule has 0 aromatic rings. The summed E-state index contributed by atoms with van der Waals surface area (Å²) in [7, 11) is 0. The van der Waals surface area contributed by atoms with Crippen molar-refractivity contribution in [1.82, 2.24) is 0 Å². The minimum atomic E-state index is -0.794. The molecule has 1 saturated heterocycles. The normalized spacial score (nSPS) is 47.9. The van der Waals surface area contributed by atoms with E-state index < -0.39 is 11.0 Å². The maximum Gasteiger partial charge on any atom is 0.111 e. The molecular formula is C11H17NO2. The van der Waals surface area contributed by atoms with Crippen molar-refractivity contribution in [3.05, 3.63) is 0 Å². The zero-order chi connectivity index (χ0) is 10.2. The summed E-state index contributed by atoms with van der Waals surface area (Å²) in [5.41, 5.74) is -1.42. The van der Waals surface area contributed by atoms with Crippen molar-refractivity contribution < 1.29 is 9.84 Å². The molecule has 3 atom stereocenters. The minimum absolute atomic E-state index is 0.409. The zero-order valence-electron chi connectivity index (χ0n) is 8.62. The van der Waals surface area contributed by atoms with E-state index in [0.717, 1.165) is 19.3 Å². The molecule has 0 aromatic heterocycles. The molecule has 0 bridgehead atoms. The summed E-state index contributed by atoms with van der Waals surface area (Å²) >= 11 is 0. The van der Waals surface area contributed by atoms with Crippen LogP contribution in [0.3, 0.4) is 0 Å². The molecule has 1 aliphatic carbocycles. The van der Waals surface area contributed by atoms with E-state index in [4.69, 9.17) is 4.74 Å². The Kier molecular flexibility index (Phi) is 2.29. The van der Waals surface area contributed by atoms with Gasteiger partial charge in [0.2, 0.25) is 0 Å². The largest absolute Gasteiger partial charge is 0.388 e. The lowest BCUT2D eigenvalue weighted by atomic mass is 9.71. The Morgan fingerprint density at radius 1 is 1.50 bits per heavy atom. The van der Waals surface area contributed by atoms with Crippen molar-refractivity contribution in [2.45, 2.75) is 38.2 Å². The number of aliphatic hydroxyl groups is 1. The van der Waals surface area contributed by atoms with Gasteiger partial charge in [-0.3, -0.25) is 0 Å². The fraction of sp³-hybridized carbons (Fsp3) is 0.909. The van der Waals surface area contributed by atoms with E-state index in [1.807, 2.05) is 0 Å². The molecule has 1 N–H and O–H groups in total. The summed E-state index contributed by atoms with van der Waals surface area (Å²) in [6.45, 7) is 3.16. The minimum Gasteiger partial charge on any atom is -0.388 e. The Bertz CT molecular complexity index is 265. The molecule has 78 valence electrons. The summed E-state index contributed by atoms with van der Waals surface area (Å²) < 4.78 is 5.28. The number of ether oxygens (including phenoxy) is 1. The molecule has 3 unspecified atom stereocenters. The predicted octanol–water partition coefficient (Wildman–Crippen LogP) is 1.47. The highest BCUT2D eigenvalue weighted by Crippen LogP contribution is 2.49. The van der Waals surface area contributed by atoms with E-state index in [9.17, 15) is 10.4 Å². The lowest BCUT2D eigenvalue weighted by molar-refractivity contribution is -0.0546. The first-order valence-corrected chi connectivity index (χ1v) is 5.33. The van der Waals surface area contributed by atoms with E-state index >= 15 is 0 Å². The molecule has 0 aromatic carbocycles. The van der Waals surface area contributed by atoms with Crippen molar-refractivity contribution in [2.24, 2.45) is 11.3 Å². The van der Waals surface area contributed by atoms with Crippen molar-refractivity contribution in [3.63, 3.8) is 0 Å². The number of nitrogens with zero attached hydrogens (tertiary/aromatic N) is 1. The molecule has 1 heterocycles. The number of rotatable bonds is 1. The summed E-state index contributed by atoms with van der Waals surface area (Å²) in [6.07, 6.45) is 3.22. The Morgan fingerprint density at radius 2 is 2.29 bits per heavy atom. The van der Waals surface area contributed by atoms with Gasteiger partial charge < -0.3 is 9.84 Å². The Labute approximate surface area is 84.7 Å². The van der Waals surface area contributed by atoms with Gasteiger partial charge in [0, 0.05) is 6.61 Å². The highest BCUT2D eigenvalue weighted by Gasteiger charge is 2.55. The third-order valence-corrected chi connectivity index (χ3v) is 3.86. The SMILES string of the molecule is CC1CCC(O)(C2(C#N)CCOC2)C1. The first-order chi connectivity index (χ1) is 6.62. The second-order valence-corrected chi connectivity index (χ2v) is 4.88. The molecule has 3 heteroatoms. The monoisotopic (exact) mass is 195 g/mol. The number of nitriles is 1.